The van der Waals surface area contributed by atoms with Crippen LogP contribution >= 0.6 is 0 Å². The molecule has 7 heteroatoms. The molecule has 1 aliphatic carbocycles. The molecule has 2 aliphatic rings. The number of rotatable bonds is 6. The highest BCUT2D eigenvalue weighted by Crippen LogP contribution is 2.72. The third-order valence-electron chi connectivity index (χ3n) is 5.24. The summed E-state index contributed by atoms with van der Waals surface area (Å²) in [5.41, 5.74) is -1.35. The molecule has 0 aromatic heterocycles. The number of hydrogen-bond acceptors (Lipinski definition) is 4. The summed E-state index contributed by atoms with van der Waals surface area (Å²) >= 11 is 0. The summed E-state index contributed by atoms with van der Waals surface area (Å²) in [6.07, 6.45) is -3.93. The molecule has 0 amide bonds. The van der Waals surface area contributed by atoms with Gasteiger partial charge in [0.2, 0.25) is 0 Å². The van der Waals surface area contributed by atoms with E-state index in [1.165, 1.54) is 0 Å². The van der Waals surface area contributed by atoms with Crippen molar-refractivity contribution in [3.63, 3.8) is 0 Å². The number of fused-ring (bicyclic) bond motifs is 1. The van der Waals surface area contributed by atoms with E-state index >= 15 is 0 Å². The monoisotopic (exact) mass is 330 g/mol. The molecule has 0 spiro atoms. The number of ether oxygens (including phenoxy) is 2. The number of hydrogen-bond donors (Lipinski definition) is 2. The zero-order chi connectivity index (χ0) is 16.7. The predicted octanol–water partition coefficient (Wildman–Crippen LogP) is 2.34. The van der Waals surface area contributed by atoms with Crippen LogP contribution in [-0.4, -0.2) is 40.0 Å². The molecule has 1 aromatic carbocycles. The second-order valence-corrected chi connectivity index (χ2v) is 6.42. The molecule has 128 valence electrons. The highest BCUT2D eigenvalue weighted by atomic mass is 19.4. The van der Waals surface area contributed by atoms with Crippen molar-refractivity contribution in [2.45, 2.75) is 19.1 Å². The van der Waals surface area contributed by atoms with Crippen LogP contribution in [-0.2, 0) is 6.54 Å². The molecule has 0 radical (unpaired) electrons. The van der Waals surface area contributed by atoms with Crippen molar-refractivity contribution in [1.82, 2.24) is 10.6 Å². The molecule has 2 fully saturated rings. The fourth-order valence-electron chi connectivity index (χ4n) is 3.76. The van der Waals surface area contributed by atoms with Crippen LogP contribution in [0.1, 0.15) is 12.0 Å². The van der Waals surface area contributed by atoms with Gasteiger partial charge in [-0.25, -0.2) is 0 Å². The van der Waals surface area contributed by atoms with E-state index in [2.05, 4.69) is 10.6 Å². The minimum Gasteiger partial charge on any atom is -0.497 e. The topological polar surface area (TPSA) is 42.5 Å². The number of alkyl halides is 3. The molecular weight excluding hydrogens is 309 g/mol. The lowest BCUT2D eigenvalue weighted by molar-refractivity contribution is -0.190. The van der Waals surface area contributed by atoms with Crippen LogP contribution in [0.15, 0.2) is 18.2 Å². The first-order valence-electron chi connectivity index (χ1n) is 7.57. The molecule has 1 aliphatic heterocycles. The van der Waals surface area contributed by atoms with Crippen LogP contribution in [0.4, 0.5) is 13.2 Å². The van der Waals surface area contributed by atoms with Crippen molar-refractivity contribution in [1.29, 1.82) is 0 Å². The van der Waals surface area contributed by atoms with Gasteiger partial charge in [0.05, 0.1) is 19.6 Å². The zero-order valence-corrected chi connectivity index (χ0v) is 13.2. The lowest BCUT2D eigenvalue weighted by Crippen LogP contribution is -2.35. The molecule has 4 nitrogen and oxygen atoms in total. The van der Waals surface area contributed by atoms with E-state index in [9.17, 15) is 13.2 Å². The average molecular weight is 330 g/mol. The van der Waals surface area contributed by atoms with Gasteiger partial charge < -0.3 is 20.1 Å². The van der Waals surface area contributed by atoms with E-state index < -0.39 is 17.0 Å². The van der Waals surface area contributed by atoms with Gasteiger partial charge >= 0.3 is 6.18 Å². The summed E-state index contributed by atoms with van der Waals surface area (Å²) in [5, 5.41) is 6.07. The second kappa shape index (κ2) is 5.56. The van der Waals surface area contributed by atoms with E-state index in [4.69, 9.17) is 9.47 Å². The van der Waals surface area contributed by atoms with E-state index in [1.54, 1.807) is 20.3 Å². The minimum atomic E-state index is -4.14. The Balaban J connectivity index is 1.63. The van der Waals surface area contributed by atoms with Gasteiger partial charge in [-0.3, -0.25) is 0 Å². The molecule has 0 bridgehead atoms. The summed E-state index contributed by atoms with van der Waals surface area (Å²) in [4.78, 5) is 0. The van der Waals surface area contributed by atoms with Crippen LogP contribution in [0.5, 0.6) is 11.5 Å². The summed E-state index contributed by atoms with van der Waals surface area (Å²) in [7, 11) is 3.14. The van der Waals surface area contributed by atoms with Gasteiger partial charge in [0.25, 0.3) is 0 Å². The standard InChI is InChI=1S/C16H21F3N2O2/c1-22-12-4-3-11(13(5-12)23-2)6-20-8-14-7-15(14,10-21-9-14)16(17,18)19/h3-5,20-21H,6-10H2,1-2H3/t14-,15+/m0/s1. The van der Waals surface area contributed by atoms with Crippen LogP contribution in [0.3, 0.4) is 0 Å². The first-order chi connectivity index (χ1) is 10.9. The Labute approximate surface area is 133 Å². The summed E-state index contributed by atoms with van der Waals surface area (Å²) in [6, 6.07) is 5.44. The number of halogens is 3. The van der Waals surface area contributed by atoms with Crippen molar-refractivity contribution in [3.8, 4) is 11.5 Å². The second-order valence-electron chi connectivity index (χ2n) is 6.42. The zero-order valence-electron chi connectivity index (χ0n) is 13.2. The van der Waals surface area contributed by atoms with Crippen molar-refractivity contribution in [3.05, 3.63) is 23.8 Å². The molecule has 1 saturated heterocycles. The van der Waals surface area contributed by atoms with E-state index in [-0.39, 0.29) is 13.0 Å². The van der Waals surface area contributed by atoms with E-state index in [0.717, 1.165) is 5.56 Å². The van der Waals surface area contributed by atoms with E-state index in [1.807, 2.05) is 12.1 Å². The molecular formula is C16H21F3N2O2. The highest BCUT2D eigenvalue weighted by molar-refractivity contribution is 5.40. The van der Waals surface area contributed by atoms with Gasteiger partial charge in [0, 0.05) is 43.2 Å². The Hall–Kier alpha value is -1.47. The molecule has 1 saturated carbocycles. The fraction of sp³-hybridized carbons (Fsp3) is 0.625. The Bertz CT molecular complexity index is 593. The molecule has 2 N–H and O–H groups in total. The summed E-state index contributed by atoms with van der Waals surface area (Å²) in [5.74, 6) is 1.35. The van der Waals surface area contributed by atoms with Crippen molar-refractivity contribution < 1.29 is 22.6 Å². The van der Waals surface area contributed by atoms with Gasteiger partial charge in [-0.05, 0) is 12.5 Å². The third-order valence-corrected chi connectivity index (χ3v) is 5.24. The van der Waals surface area contributed by atoms with Gasteiger partial charge in [-0.1, -0.05) is 6.07 Å². The maximum absolute atomic E-state index is 13.3. The first kappa shape index (κ1) is 16.4. The van der Waals surface area contributed by atoms with Gasteiger partial charge in [0.1, 0.15) is 11.5 Å². The fourth-order valence-corrected chi connectivity index (χ4v) is 3.76. The molecule has 3 rings (SSSR count). The minimum absolute atomic E-state index is 0.0318. The molecule has 1 heterocycles. The maximum atomic E-state index is 13.3. The predicted molar refractivity (Wildman–Crippen MR) is 79.7 cm³/mol. The van der Waals surface area contributed by atoms with Gasteiger partial charge in [-0.15, -0.1) is 0 Å². The van der Waals surface area contributed by atoms with Crippen LogP contribution in [0.2, 0.25) is 0 Å². The quantitative estimate of drug-likeness (QED) is 0.840. The highest BCUT2D eigenvalue weighted by Gasteiger charge is 2.81. The Morgan fingerprint density at radius 3 is 2.61 bits per heavy atom. The van der Waals surface area contributed by atoms with Gasteiger partial charge in [0.15, 0.2) is 0 Å². The normalized spacial score (nSPS) is 29.3. The Morgan fingerprint density at radius 1 is 1.22 bits per heavy atom. The average Bonchev–Trinajstić information content (AvgIpc) is 3.03. The third kappa shape index (κ3) is 2.55. The summed E-state index contributed by atoms with van der Waals surface area (Å²) in [6.45, 7) is 1.25. The van der Waals surface area contributed by atoms with Crippen LogP contribution in [0.25, 0.3) is 0 Å². The molecule has 2 atom stereocenters. The van der Waals surface area contributed by atoms with Crippen molar-refractivity contribution >= 4 is 0 Å². The van der Waals surface area contributed by atoms with Crippen molar-refractivity contribution in [2.75, 3.05) is 33.9 Å². The molecule has 1 aromatic rings. The Morgan fingerprint density at radius 2 is 2.00 bits per heavy atom. The largest absolute Gasteiger partial charge is 0.497 e. The van der Waals surface area contributed by atoms with Gasteiger partial charge in [-0.2, -0.15) is 13.2 Å². The Kier molecular flexibility index (Phi) is 3.96. The number of benzene rings is 1. The van der Waals surface area contributed by atoms with Crippen LogP contribution in [0, 0.1) is 10.8 Å². The first-order valence-corrected chi connectivity index (χ1v) is 7.57. The lowest BCUT2D eigenvalue weighted by Gasteiger charge is -2.21. The number of piperidine rings is 1. The van der Waals surface area contributed by atoms with Crippen LogP contribution < -0.4 is 20.1 Å². The number of nitrogens with one attached hydrogen (secondary N) is 2. The molecule has 0 unspecified atom stereocenters. The number of methoxy groups -OCH3 is 2. The summed E-state index contributed by atoms with van der Waals surface area (Å²) < 4.78 is 50.3. The SMILES string of the molecule is COc1ccc(CNC[C@@]23CNC[C@]2(C(F)(F)F)C3)c(OC)c1. The van der Waals surface area contributed by atoms with Crippen molar-refractivity contribution in [2.24, 2.45) is 10.8 Å². The smallest absolute Gasteiger partial charge is 0.396 e. The van der Waals surface area contributed by atoms with E-state index in [0.29, 0.717) is 31.1 Å². The maximum Gasteiger partial charge on any atom is 0.396 e. The lowest BCUT2D eigenvalue weighted by atomic mass is 9.95. The molecule has 23 heavy (non-hydrogen) atoms.